The van der Waals surface area contributed by atoms with Gasteiger partial charge in [-0.05, 0) is 62.4 Å². The van der Waals surface area contributed by atoms with E-state index in [1.165, 1.54) is 24.3 Å². The molecule has 0 aliphatic carbocycles. The van der Waals surface area contributed by atoms with Crippen LogP contribution in [-0.4, -0.2) is 42.4 Å². The molecular weight excluding hydrogens is 465 g/mol. The van der Waals surface area contributed by atoms with Crippen molar-refractivity contribution in [2.45, 2.75) is 20.0 Å². The number of carbonyl (C=O) groups is 3. The summed E-state index contributed by atoms with van der Waals surface area (Å²) in [6.07, 6.45) is -4.51. The number of hydrogen-bond acceptors (Lipinski definition) is 5. The van der Waals surface area contributed by atoms with Crippen molar-refractivity contribution in [3.05, 3.63) is 77.6 Å². The molecule has 0 fully saturated rings. The second-order valence-corrected chi connectivity index (χ2v) is 7.42. The van der Waals surface area contributed by atoms with E-state index in [9.17, 15) is 27.6 Å². The van der Waals surface area contributed by atoms with E-state index in [4.69, 9.17) is 9.15 Å². The average molecular weight is 488 g/mol. The van der Waals surface area contributed by atoms with Crippen LogP contribution in [0.5, 0.6) is 0 Å². The Labute approximate surface area is 199 Å². The van der Waals surface area contributed by atoms with Crippen LogP contribution in [0.2, 0.25) is 0 Å². The zero-order valence-electron chi connectivity index (χ0n) is 19.0. The second kappa shape index (κ2) is 10.9. The summed E-state index contributed by atoms with van der Waals surface area (Å²) in [6, 6.07) is 13.4. The van der Waals surface area contributed by atoms with Gasteiger partial charge in [0, 0.05) is 29.9 Å². The van der Waals surface area contributed by atoms with Crippen molar-refractivity contribution >= 4 is 23.5 Å². The highest BCUT2D eigenvalue weighted by Gasteiger charge is 2.30. The minimum absolute atomic E-state index is 0.0480. The number of halogens is 3. The van der Waals surface area contributed by atoms with E-state index in [-0.39, 0.29) is 23.0 Å². The van der Waals surface area contributed by atoms with Gasteiger partial charge in [-0.2, -0.15) is 13.2 Å². The minimum atomic E-state index is -4.51. The number of anilines is 1. The fourth-order valence-corrected chi connectivity index (χ4v) is 3.24. The third-order valence-electron chi connectivity index (χ3n) is 5.08. The number of esters is 1. The van der Waals surface area contributed by atoms with Crippen LogP contribution in [0.1, 0.15) is 40.3 Å². The molecule has 0 saturated carbocycles. The first kappa shape index (κ1) is 25.5. The van der Waals surface area contributed by atoms with Gasteiger partial charge in [-0.3, -0.25) is 9.59 Å². The molecule has 1 heterocycles. The van der Waals surface area contributed by atoms with Crippen LogP contribution in [-0.2, 0) is 15.7 Å². The highest BCUT2D eigenvalue weighted by Crippen LogP contribution is 2.32. The van der Waals surface area contributed by atoms with Crippen LogP contribution in [0.25, 0.3) is 11.3 Å². The van der Waals surface area contributed by atoms with E-state index in [0.717, 1.165) is 12.1 Å². The van der Waals surface area contributed by atoms with Gasteiger partial charge >= 0.3 is 12.1 Å². The number of hydrogen-bond donors (Lipinski definition) is 1. The summed E-state index contributed by atoms with van der Waals surface area (Å²) in [4.78, 5) is 38.3. The highest BCUT2D eigenvalue weighted by atomic mass is 19.4. The molecule has 1 aromatic heterocycles. The molecule has 184 valence electrons. The highest BCUT2D eigenvalue weighted by molar-refractivity contribution is 5.97. The molecule has 3 aromatic rings. The van der Waals surface area contributed by atoms with Crippen LogP contribution in [0.15, 0.2) is 65.1 Å². The summed E-state index contributed by atoms with van der Waals surface area (Å²) in [5, 5.41) is 2.55. The summed E-state index contributed by atoms with van der Waals surface area (Å²) in [5.74, 6) is -1.90. The maximum Gasteiger partial charge on any atom is 0.416 e. The first-order chi connectivity index (χ1) is 16.6. The number of furan rings is 1. The van der Waals surface area contributed by atoms with E-state index in [0.29, 0.717) is 24.3 Å². The number of benzene rings is 2. The Bertz CT molecular complexity index is 1200. The van der Waals surface area contributed by atoms with E-state index in [1.807, 2.05) is 13.8 Å². The Morgan fingerprint density at radius 2 is 1.66 bits per heavy atom. The smallest absolute Gasteiger partial charge is 0.416 e. The number of rotatable bonds is 8. The van der Waals surface area contributed by atoms with Gasteiger partial charge in [-0.1, -0.05) is 12.1 Å². The van der Waals surface area contributed by atoms with E-state index in [2.05, 4.69) is 5.32 Å². The standard InChI is InChI=1S/C25H23F3N2O5/c1-3-30(4-2)23(32)16-8-10-19(11-9-16)29-22(31)15-34-24(33)21-13-12-20(35-21)17-6-5-7-18(14-17)25(26,27)28/h5-14H,3-4,15H2,1-2H3,(H,29,31). The van der Waals surface area contributed by atoms with Crippen molar-refractivity contribution in [1.29, 1.82) is 0 Å². The molecule has 7 nitrogen and oxygen atoms in total. The minimum Gasteiger partial charge on any atom is -0.450 e. The Hall–Kier alpha value is -4.08. The predicted molar refractivity (Wildman–Crippen MR) is 122 cm³/mol. The third kappa shape index (κ3) is 6.50. The molecule has 0 aliphatic rings. The Balaban J connectivity index is 1.55. The molecule has 0 saturated heterocycles. The molecule has 2 aromatic carbocycles. The van der Waals surface area contributed by atoms with Crippen LogP contribution >= 0.6 is 0 Å². The van der Waals surface area contributed by atoms with E-state index in [1.54, 1.807) is 29.2 Å². The van der Waals surface area contributed by atoms with Gasteiger partial charge < -0.3 is 19.4 Å². The molecule has 0 aliphatic heterocycles. The molecular formula is C25H23F3N2O5. The van der Waals surface area contributed by atoms with Gasteiger partial charge in [-0.15, -0.1) is 0 Å². The number of nitrogens with one attached hydrogen (secondary N) is 1. The fourth-order valence-electron chi connectivity index (χ4n) is 3.24. The zero-order chi connectivity index (χ0) is 25.6. The van der Waals surface area contributed by atoms with Crippen molar-refractivity contribution in [1.82, 2.24) is 4.90 Å². The predicted octanol–water partition coefficient (Wildman–Crippen LogP) is 5.24. The lowest BCUT2D eigenvalue weighted by Crippen LogP contribution is -2.30. The first-order valence-corrected chi connectivity index (χ1v) is 10.8. The average Bonchev–Trinajstić information content (AvgIpc) is 3.34. The quantitative estimate of drug-likeness (QED) is 0.438. The van der Waals surface area contributed by atoms with Crippen LogP contribution in [0, 0.1) is 0 Å². The summed E-state index contributed by atoms with van der Waals surface area (Å²) in [6.45, 7) is 4.31. The summed E-state index contributed by atoms with van der Waals surface area (Å²) < 4.78 is 49.0. The van der Waals surface area contributed by atoms with Crippen LogP contribution in [0.4, 0.5) is 18.9 Å². The van der Waals surface area contributed by atoms with Crippen molar-refractivity contribution in [3.63, 3.8) is 0 Å². The van der Waals surface area contributed by atoms with Gasteiger partial charge in [-0.25, -0.2) is 4.79 Å². The van der Waals surface area contributed by atoms with Gasteiger partial charge in [0.2, 0.25) is 5.76 Å². The van der Waals surface area contributed by atoms with E-state index >= 15 is 0 Å². The molecule has 2 amide bonds. The topological polar surface area (TPSA) is 88.9 Å². The largest absolute Gasteiger partial charge is 0.450 e. The molecule has 35 heavy (non-hydrogen) atoms. The monoisotopic (exact) mass is 488 g/mol. The maximum atomic E-state index is 12.9. The molecule has 0 unspecified atom stereocenters. The normalized spacial score (nSPS) is 11.1. The fraction of sp³-hybridized carbons (Fsp3) is 0.240. The molecule has 0 radical (unpaired) electrons. The Morgan fingerprint density at radius 3 is 2.29 bits per heavy atom. The zero-order valence-corrected chi connectivity index (χ0v) is 19.0. The lowest BCUT2D eigenvalue weighted by molar-refractivity contribution is -0.137. The first-order valence-electron chi connectivity index (χ1n) is 10.8. The summed E-state index contributed by atoms with van der Waals surface area (Å²) in [5.41, 5.74) is 0.177. The maximum absolute atomic E-state index is 12.9. The molecule has 0 spiro atoms. The van der Waals surface area contributed by atoms with Crippen molar-refractivity contribution < 1.29 is 36.7 Å². The van der Waals surface area contributed by atoms with E-state index < -0.39 is 30.2 Å². The molecule has 0 bridgehead atoms. The van der Waals surface area contributed by atoms with Gasteiger partial charge in [0.25, 0.3) is 11.8 Å². The molecule has 3 rings (SSSR count). The van der Waals surface area contributed by atoms with Crippen molar-refractivity contribution in [3.8, 4) is 11.3 Å². The van der Waals surface area contributed by atoms with Crippen molar-refractivity contribution in [2.24, 2.45) is 0 Å². The van der Waals surface area contributed by atoms with Gasteiger partial charge in [0.1, 0.15) is 5.76 Å². The number of alkyl halides is 3. The van der Waals surface area contributed by atoms with Gasteiger partial charge in [0.05, 0.1) is 5.56 Å². The summed E-state index contributed by atoms with van der Waals surface area (Å²) in [7, 11) is 0. The Kier molecular flexibility index (Phi) is 7.95. The lowest BCUT2D eigenvalue weighted by atomic mass is 10.1. The molecule has 0 atom stereocenters. The van der Waals surface area contributed by atoms with Crippen LogP contribution in [0.3, 0.4) is 0 Å². The number of ether oxygens (including phenoxy) is 1. The SMILES string of the molecule is CCN(CC)C(=O)c1ccc(NC(=O)COC(=O)c2ccc(-c3cccc(C(F)(F)F)c3)o2)cc1. The van der Waals surface area contributed by atoms with Crippen LogP contribution < -0.4 is 5.32 Å². The van der Waals surface area contributed by atoms with Crippen molar-refractivity contribution in [2.75, 3.05) is 25.0 Å². The lowest BCUT2D eigenvalue weighted by Gasteiger charge is -2.18. The van der Waals surface area contributed by atoms with Gasteiger partial charge in [0.15, 0.2) is 6.61 Å². The molecule has 10 heteroatoms. The second-order valence-electron chi connectivity index (χ2n) is 7.42. The molecule has 1 N–H and O–H groups in total. The third-order valence-corrected chi connectivity index (χ3v) is 5.08. The number of nitrogens with zero attached hydrogens (tertiary/aromatic N) is 1. The number of carbonyl (C=O) groups excluding carboxylic acids is 3. The Morgan fingerprint density at radius 1 is 0.971 bits per heavy atom. The number of amides is 2. The summed E-state index contributed by atoms with van der Waals surface area (Å²) >= 11 is 0.